The predicted molar refractivity (Wildman–Crippen MR) is 182 cm³/mol. The maximum Gasteiger partial charge on any atom is 0.135 e. The number of benzene rings is 6. The van der Waals surface area contributed by atoms with Gasteiger partial charge in [-0.15, -0.1) is 0 Å². The van der Waals surface area contributed by atoms with Gasteiger partial charge in [0.1, 0.15) is 11.2 Å². The van der Waals surface area contributed by atoms with Gasteiger partial charge in [0.2, 0.25) is 0 Å². The van der Waals surface area contributed by atoms with Crippen LogP contribution in [-0.4, -0.2) is 19.9 Å². The molecule has 0 aliphatic carbocycles. The Morgan fingerprint density at radius 2 is 0.644 bits per heavy atom. The SMILES string of the molecule is c1ccc(-c2nc3ccccc3nc2-c2ccc3oc4ccc(-c5nc6ccccc6nc5-c5ccccc5)cc4c3c2)cc1. The van der Waals surface area contributed by atoms with E-state index in [9.17, 15) is 0 Å². The summed E-state index contributed by atoms with van der Waals surface area (Å²) >= 11 is 0. The molecule has 0 N–H and O–H groups in total. The molecule has 0 unspecified atom stereocenters. The molecule has 0 atom stereocenters. The van der Waals surface area contributed by atoms with Gasteiger partial charge in [0.05, 0.1) is 44.8 Å². The Hall–Kier alpha value is -6.20. The van der Waals surface area contributed by atoms with Gasteiger partial charge in [-0.05, 0) is 60.7 Å². The van der Waals surface area contributed by atoms with Crippen molar-refractivity contribution in [3.8, 4) is 45.0 Å². The van der Waals surface area contributed by atoms with E-state index in [2.05, 4.69) is 48.5 Å². The number of nitrogens with zero attached hydrogens (tertiary/aromatic N) is 4. The molecule has 5 heteroatoms. The van der Waals surface area contributed by atoms with Gasteiger partial charge < -0.3 is 4.42 Å². The molecule has 9 aromatic rings. The molecule has 3 aromatic heterocycles. The number of hydrogen-bond acceptors (Lipinski definition) is 5. The molecular formula is C40H24N4O. The number of aromatic nitrogens is 4. The number of furan rings is 1. The fourth-order valence-electron chi connectivity index (χ4n) is 6.07. The molecule has 5 nitrogen and oxygen atoms in total. The Morgan fingerprint density at radius 3 is 1.02 bits per heavy atom. The molecule has 0 bridgehead atoms. The Kier molecular flexibility index (Phi) is 5.74. The van der Waals surface area contributed by atoms with E-state index in [1.807, 2.05) is 97.1 Å². The summed E-state index contributed by atoms with van der Waals surface area (Å²) in [4.78, 5) is 20.4. The lowest BCUT2D eigenvalue weighted by Gasteiger charge is -2.11. The molecule has 6 aromatic carbocycles. The molecule has 0 amide bonds. The number of rotatable bonds is 4. The van der Waals surface area contributed by atoms with E-state index in [1.54, 1.807) is 0 Å². The van der Waals surface area contributed by atoms with Crippen LogP contribution in [0.5, 0.6) is 0 Å². The lowest BCUT2D eigenvalue weighted by Crippen LogP contribution is -1.95. The van der Waals surface area contributed by atoms with Gasteiger partial charge in [-0.2, -0.15) is 0 Å². The van der Waals surface area contributed by atoms with Crippen LogP contribution >= 0.6 is 0 Å². The topological polar surface area (TPSA) is 64.7 Å². The summed E-state index contributed by atoms with van der Waals surface area (Å²) in [6, 6.07) is 49.0. The molecule has 0 aliphatic heterocycles. The van der Waals surface area contributed by atoms with Crippen molar-refractivity contribution in [2.75, 3.05) is 0 Å². The van der Waals surface area contributed by atoms with Gasteiger partial charge in [0.15, 0.2) is 0 Å². The van der Waals surface area contributed by atoms with Gasteiger partial charge in [-0.25, -0.2) is 19.9 Å². The Morgan fingerprint density at radius 1 is 0.311 bits per heavy atom. The van der Waals surface area contributed by atoms with Gasteiger partial charge >= 0.3 is 0 Å². The Bertz CT molecular complexity index is 2360. The maximum absolute atomic E-state index is 6.33. The molecule has 210 valence electrons. The third-order valence-electron chi connectivity index (χ3n) is 8.25. The second kappa shape index (κ2) is 10.2. The molecule has 3 heterocycles. The van der Waals surface area contributed by atoms with E-state index < -0.39 is 0 Å². The Balaban J connectivity index is 1.26. The van der Waals surface area contributed by atoms with Crippen LogP contribution < -0.4 is 0 Å². The zero-order valence-corrected chi connectivity index (χ0v) is 24.1. The van der Waals surface area contributed by atoms with Crippen molar-refractivity contribution in [1.29, 1.82) is 0 Å². The van der Waals surface area contributed by atoms with Crippen molar-refractivity contribution in [2.45, 2.75) is 0 Å². The summed E-state index contributed by atoms with van der Waals surface area (Å²) in [5.74, 6) is 0. The molecule has 0 radical (unpaired) electrons. The van der Waals surface area contributed by atoms with Crippen molar-refractivity contribution in [3.63, 3.8) is 0 Å². The summed E-state index contributed by atoms with van der Waals surface area (Å²) in [6.07, 6.45) is 0. The number of para-hydroxylation sites is 4. The third kappa shape index (κ3) is 4.33. The normalized spacial score (nSPS) is 11.6. The average molecular weight is 577 g/mol. The zero-order valence-electron chi connectivity index (χ0n) is 24.1. The summed E-state index contributed by atoms with van der Waals surface area (Å²) in [5.41, 5.74) is 12.4. The fourth-order valence-corrected chi connectivity index (χ4v) is 6.07. The lowest BCUT2D eigenvalue weighted by molar-refractivity contribution is 0.669. The van der Waals surface area contributed by atoms with Gasteiger partial charge in [-0.3, -0.25) is 0 Å². The average Bonchev–Trinajstić information content (AvgIpc) is 3.48. The quantitative estimate of drug-likeness (QED) is 0.209. The van der Waals surface area contributed by atoms with Gasteiger partial charge in [-0.1, -0.05) is 84.9 Å². The molecule has 9 rings (SSSR count). The minimum absolute atomic E-state index is 0.814. The first-order chi connectivity index (χ1) is 22.3. The van der Waals surface area contributed by atoms with Crippen LogP contribution in [0, 0.1) is 0 Å². The van der Waals surface area contributed by atoms with Gasteiger partial charge in [0, 0.05) is 33.0 Å². The molecule has 0 spiro atoms. The van der Waals surface area contributed by atoms with Crippen LogP contribution in [-0.2, 0) is 0 Å². The molecule has 0 fully saturated rings. The predicted octanol–water partition coefficient (Wildman–Crippen LogP) is 10.1. The van der Waals surface area contributed by atoms with Crippen LogP contribution in [0.15, 0.2) is 150 Å². The second-order valence-electron chi connectivity index (χ2n) is 11.1. The van der Waals surface area contributed by atoms with Crippen LogP contribution in [0.4, 0.5) is 0 Å². The van der Waals surface area contributed by atoms with E-state index in [0.29, 0.717) is 0 Å². The molecular weight excluding hydrogens is 552 g/mol. The molecule has 0 saturated carbocycles. The highest BCUT2D eigenvalue weighted by molar-refractivity contribution is 6.08. The van der Waals surface area contributed by atoms with Crippen molar-refractivity contribution >= 4 is 44.0 Å². The highest BCUT2D eigenvalue weighted by atomic mass is 16.3. The van der Waals surface area contributed by atoms with Crippen molar-refractivity contribution in [3.05, 3.63) is 146 Å². The fraction of sp³-hybridized carbons (Fsp3) is 0. The lowest BCUT2D eigenvalue weighted by atomic mass is 9.99. The largest absolute Gasteiger partial charge is 0.456 e. The van der Waals surface area contributed by atoms with Crippen molar-refractivity contribution < 1.29 is 4.42 Å². The van der Waals surface area contributed by atoms with Crippen LogP contribution in [0.1, 0.15) is 0 Å². The smallest absolute Gasteiger partial charge is 0.135 e. The van der Waals surface area contributed by atoms with Crippen LogP contribution in [0.3, 0.4) is 0 Å². The molecule has 0 aliphatic rings. The summed E-state index contributed by atoms with van der Waals surface area (Å²) in [5, 5.41) is 2.02. The minimum atomic E-state index is 0.814. The van der Waals surface area contributed by atoms with E-state index in [1.165, 1.54) is 0 Å². The maximum atomic E-state index is 6.33. The molecule has 45 heavy (non-hydrogen) atoms. The van der Waals surface area contributed by atoms with E-state index in [-0.39, 0.29) is 0 Å². The summed E-state index contributed by atoms with van der Waals surface area (Å²) in [7, 11) is 0. The summed E-state index contributed by atoms with van der Waals surface area (Å²) < 4.78 is 6.33. The minimum Gasteiger partial charge on any atom is -0.456 e. The van der Waals surface area contributed by atoms with Crippen LogP contribution in [0.25, 0.3) is 89.0 Å². The van der Waals surface area contributed by atoms with E-state index >= 15 is 0 Å². The first kappa shape index (κ1) is 25.3. The first-order valence-corrected chi connectivity index (χ1v) is 14.9. The summed E-state index contributed by atoms with van der Waals surface area (Å²) in [6.45, 7) is 0. The van der Waals surface area contributed by atoms with Crippen molar-refractivity contribution in [1.82, 2.24) is 19.9 Å². The monoisotopic (exact) mass is 576 g/mol. The van der Waals surface area contributed by atoms with Crippen LogP contribution in [0.2, 0.25) is 0 Å². The zero-order chi connectivity index (χ0) is 29.7. The number of fused-ring (bicyclic) bond motifs is 5. The van der Waals surface area contributed by atoms with E-state index in [4.69, 9.17) is 24.4 Å². The first-order valence-electron chi connectivity index (χ1n) is 14.9. The molecule has 0 saturated heterocycles. The number of hydrogen-bond donors (Lipinski definition) is 0. The second-order valence-corrected chi connectivity index (χ2v) is 11.1. The highest BCUT2D eigenvalue weighted by Gasteiger charge is 2.18. The van der Waals surface area contributed by atoms with Gasteiger partial charge in [0.25, 0.3) is 0 Å². The third-order valence-corrected chi connectivity index (χ3v) is 8.25. The Labute approximate surface area is 258 Å². The standard InChI is InChI=1S/C40H24N4O/c1-3-11-25(12-4-1)37-39(43-33-17-9-7-15-31(33)41-37)27-19-21-35-29(23-27)30-24-28(20-22-36(30)45-35)40-38(26-13-5-2-6-14-26)42-32-16-8-10-18-34(32)44-40/h1-24H. The van der Waals surface area contributed by atoms with E-state index in [0.717, 1.165) is 89.0 Å². The highest BCUT2D eigenvalue weighted by Crippen LogP contribution is 2.38. The van der Waals surface area contributed by atoms with Crippen molar-refractivity contribution in [2.24, 2.45) is 0 Å².